The summed E-state index contributed by atoms with van der Waals surface area (Å²) < 4.78 is 18.2. The zero-order chi connectivity index (χ0) is 10.7. The molecule has 0 bridgehead atoms. The van der Waals surface area contributed by atoms with Gasteiger partial charge in [0, 0.05) is 6.07 Å². The first-order chi connectivity index (χ1) is 7.24. The van der Waals surface area contributed by atoms with Crippen molar-refractivity contribution in [3.63, 3.8) is 0 Å². The molecular weight excluding hydrogens is 195 g/mol. The molecule has 2 rings (SSSR count). The first-order valence-corrected chi connectivity index (χ1v) is 4.63. The highest BCUT2D eigenvalue weighted by Gasteiger charge is 1.99. The maximum atomic E-state index is 12.8. The third-order valence-electron chi connectivity index (χ3n) is 1.95. The van der Waals surface area contributed by atoms with Gasteiger partial charge in [0.05, 0.1) is 11.9 Å². The van der Waals surface area contributed by atoms with Gasteiger partial charge in [-0.25, -0.2) is 9.37 Å². The van der Waals surface area contributed by atoms with Crippen LogP contribution < -0.4 is 4.74 Å². The molecule has 0 aliphatic heterocycles. The summed E-state index contributed by atoms with van der Waals surface area (Å²) in [6.07, 6.45) is 1.70. The van der Waals surface area contributed by atoms with E-state index in [4.69, 9.17) is 4.74 Å². The molecule has 4 heteroatoms. The van der Waals surface area contributed by atoms with Crippen LogP contribution in [0.2, 0.25) is 0 Å². The zero-order valence-corrected chi connectivity index (χ0v) is 8.33. The maximum absolute atomic E-state index is 12.8. The molecule has 2 aromatic rings. The van der Waals surface area contributed by atoms with Gasteiger partial charge in [-0.05, 0) is 19.1 Å². The highest BCUT2D eigenvalue weighted by atomic mass is 19.1. The predicted molar refractivity (Wildman–Crippen MR) is 54.1 cm³/mol. The van der Waals surface area contributed by atoms with Crippen molar-refractivity contribution in [1.82, 2.24) is 9.97 Å². The molecular formula is C11H11FN2O. The van der Waals surface area contributed by atoms with Gasteiger partial charge in [0.1, 0.15) is 24.0 Å². The summed E-state index contributed by atoms with van der Waals surface area (Å²) in [4.78, 5) is 7.07. The molecule has 3 nitrogen and oxygen atoms in total. The Morgan fingerprint density at radius 3 is 3.00 bits per heavy atom. The summed E-state index contributed by atoms with van der Waals surface area (Å²) in [5, 5.41) is 0. The third kappa shape index (κ3) is 2.56. The number of aromatic amines is 1. The Bertz CT molecular complexity index is 453. The molecule has 0 atom stereocenters. The van der Waals surface area contributed by atoms with Crippen molar-refractivity contribution in [2.24, 2.45) is 0 Å². The van der Waals surface area contributed by atoms with Crippen LogP contribution in [-0.2, 0) is 6.61 Å². The fourth-order valence-electron chi connectivity index (χ4n) is 1.26. The Morgan fingerprint density at radius 2 is 2.33 bits per heavy atom. The van der Waals surface area contributed by atoms with E-state index in [9.17, 15) is 4.39 Å². The molecule has 0 spiro atoms. The van der Waals surface area contributed by atoms with E-state index >= 15 is 0 Å². The molecule has 15 heavy (non-hydrogen) atoms. The number of nitrogens with one attached hydrogen (secondary N) is 1. The van der Waals surface area contributed by atoms with Gasteiger partial charge in [-0.3, -0.25) is 0 Å². The van der Waals surface area contributed by atoms with Crippen molar-refractivity contribution in [2.45, 2.75) is 13.5 Å². The lowest BCUT2D eigenvalue weighted by Gasteiger charge is -2.03. The summed E-state index contributed by atoms with van der Waals surface area (Å²) in [6.45, 7) is 2.23. The summed E-state index contributed by atoms with van der Waals surface area (Å²) >= 11 is 0. The molecule has 0 amide bonds. The maximum Gasteiger partial charge on any atom is 0.130 e. The normalized spacial score (nSPS) is 10.3. The van der Waals surface area contributed by atoms with Crippen LogP contribution in [0, 0.1) is 12.7 Å². The molecule has 0 aliphatic rings. The number of imidazole rings is 1. The number of halogens is 1. The molecule has 0 fully saturated rings. The van der Waals surface area contributed by atoms with Gasteiger partial charge in [0.15, 0.2) is 0 Å². The van der Waals surface area contributed by atoms with E-state index in [1.54, 1.807) is 18.3 Å². The van der Waals surface area contributed by atoms with E-state index < -0.39 is 0 Å². The highest BCUT2D eigenvalue weighted by molar-refractivity contribution is 5.22. The summed E-state index contributed by atoms with van der Waals surface area (Å²) in [7, 11) is 0. The molecule has 0 aliphatic carbocycles. The van der Waals surface area contributed by atoms with Gasteiger partial charge in [-0.1, -0.05) is 6.07 Å². The first kappa shape index (κ1) is 9.71. The Hall–Kier alpha value is -1.84. The Kier molecular flexibility index (Phi) is 2.67. The van der Waals surface area contributed by atoms with Crippen molar-refractivity contribution in [2.75, 3.05) is 0 Å². The molecule has 1 N–H and O–H groups in total. The van der Waals surface area contributed by atoms with E-state index in [1.165, 1.54) is 12.1 Å². The second-order valence-electron chi connectivity index (χ2n) is 3.24. The number of H-pyrrole nitrogens is 1. The summed E-state index contributed by atoms with van der Waals surface area (Å²) in [5.74, 6) is 1.06. The molecule has 1 aromatic carbocycles. The van der Waals surface area contributed by atoms with Gasteiger partial charge in [0.25, 0.3) is 0 Å². The van der Waals surface area contributed by atoms with Crippen molar-refractivity contribution in [1.29, 1.82) is 0 Å². The number of aromatic nitrogens is 2. The molecule has 1 heterocycles. The van der Waals surface area contributed by atoms with E-state index in [-0.39, 0.29) is 5.82 Å². The lowest BCUT2D eigenvalue weighted by Crippen LogP contribution is -1.95. The Morgan fingerprint density at radius 1 is 1.47 bits per heavy atom. The highest BCUT2D eigenvalue weighted by Crippen LogP contribution is 2.13. The van der Waals surface area contributed by atoms with Crippen LogP contribution in [0.3, 0.4) is 0 Å². The van der Waals surface area contributed by atoms with Gasteiger partial charge in [-0.2, -0.15) is 0 Å². The van der Waals surface area contributed by atoms with Crippen LogP contribution in [-0.4, -0.2) is 9.97 Å². The second kappa shape index (κ2) is 4.13. The number of benzene rings is 1. The van der Waals surface area contributed by atoms with Gasteiger partial charge in [0.2, 0.25) is 0 Å². The monoisotopic (exact) mass is 206 g/mol. The van der Waals surface area contributed by atoms with Crippen LogP contribution in [0.25, 0.3) is 0 Å². The fourth-order valence-corrected chi connectivity index (χ4v) is 1.26. The lowest BCUT2D eigenvalue weighted by molar-refractivity contribution is 0.300. The number of hydrogen-bond donors (Lipinski definition) is 1. The van der Waals surface area contributed by atoms with Crippen molar-refractivity contribution in [3.8, 4) is 5.75 Å². The first-order valence-electron chi connectivity index (χ1n) is 4.63. The van der Waals surface area contributed by atoms with Gasteiger partial charge >= 0.3 is 0 Å². The molecule has 78 valence electrons. The zero-order valence-electron chi connectivity index (χ0n) is 8.33. The average molecular weight is 206 g/mol. The van der Waals surface area contributed by atoms with Crippen molar-refractivity contribution < 1.29 is 9.13 Å². The number of hydrogen-bond acceptors (Lipinski definition) is 2. The predicted octanol–water partition coefficient (Wildman–Crippen LogP) is 2.44. The van der Waals surface area contributed by atoms with Crippen molar-refractivity contribution in [3.05, 3.63) is 47.8 Å². The topological polar surface area (TPSA) is 37.9 Å². The van der Waals surface area contributed by atoms with Crippen LogP contribution >= 0.6 is 0 Å². The van der Waals surface area contributed by atoms with Gasteiger partial charge in [-0.15, -0.1) is 0 Å². The van der Waals surface area contributed by atoms with Crippen LogP contribution in [0.4, 0.5) is 4.39 Å². The smallest absolute Gasteiger partial charge is 0.130 e. The number of ether oxygens (including phenoxy) is 1. The minimum absolute atomic E-state index is 0.298. The van der Waals surface area contributed by atoms with E-state index in [0.717, 1.165) is 11.5 Å². The van der Waals surface area contributed by atoms with Crippen LogP contribution in [0.1, 0.15) is 11.5 Å². The van der Waals surface area contributed by atoms with Crippen LogP contribution in [0.15, 0.2) is 30.5 Å². The minimum atomic E-state index is -0.298. The van der Waals surface area contributed by atoms with E-state index in [0.29, 0.717) is 12.4 Å². The fraction of sp³-hybridized carbons (Fsp3) is 0.182. The van der Waals surface area contributed by atoms with Gasteiger partial charge < -0.3 is 9.72 Å². The number of rotatable bonds is 3. The summed E-state index contributed by atoms with van der Waals surface area (Å²) in [6, 6.07) is 6.06. The number of nitrogens with zero attached hydrogens (tertiary/aromatic N) is 1. The molecule has 0 saturated carbocycles. The lowest BCUT2D eigenvalue weighted by atomic mass is 10.3. The standard InChI is InChI=1S/C11H11FN2O/c1-8-13-6-10(14-8)7-15-11-4-2-3-9(12)5-11/h2-6H,7H2,1H3,(H,13,14). The minimum Gasteiger partial charge on any atom is -0.487 e. The quantitative estimate of drug-likeness (QED) is 0.837. The number of aryl methyl sites for hydroxylation is 1. The van der Waals surface area contributed by atoms with Crippen molar-refractivity contribution >= 4 is 0 Å². The Labute approximate surface area is 86.9 Å². The molecule has 0 saturated heterocycles. The van der Waals surface area contributed by atoms with Crippen LogP contribution in [0.5, 0.6) is 5.75 Å². The summed E-state index contributed by atoms with van der Waals surface area (Å²) in [5.41, 5.74) is 0.872. The largest absolute Gasteiger partial charge is 0.487 e. The SMILES string of the molecule is Cc1ncc(COc2cccc(F)c2)[nH]1. The second-order valence-corrected chi connectivity index (χ2v) is 3.24. The Balaban J connectivity index is 1.99. The average Bonchev–Trinajstić information content (AvgIpc) is 2.62. The third-order valence-corrected chi connectivity index (χ3v) is 1.95. The molecule has 1 aromatic heterocycles. The van der Waals surface area contributed by atoms with E-state index in [2.05, 4.69) is 9.97 Å². The molecule has 0 unspecified atom stereocenters. The van der Waals surface area contributed by atoms with E-state index in [1.807, 2.05) is 6.92 Å². The molecule has 0 radical (unpaired) electrons.